The third-order valence-electron chi connectivity index (χ3n) is 4.34. The summed E-state index contributed by atoms with van der Waals surface area (Å²) in [5.41, 5.74) is 1.87. The fraction of sp³-hybridized carbons (Fsp3) is 0.316. The molecule has 0 spiro atoms. The van der Waals surface area contributed by atoms with Gasteiger partial charge in [-0.1, -0.05) is 6.07 Å². The molecule has 0 radical (unpaired) electrons. The number of urea groups is 1. The third kappa shape index (κ3) is 3.59. The number of benzene rings is 2. The quantitative estimate of drug-likeness (QED) is 0.787. The van der Waals surface area contributed by atoms with Crippen molar-refractivity contribution in [2.75, 3.05) is 37.1 Å². The van der Waals surface area contributed by atoms with Crippen molar-refractivity contribution in [3.63, 3.8) is 0 Å². The van der Waals surface area contributed by atoms with Crippen LogP contribution in [0.1, 0.15) is 10.9 Å². The molecule has 1 fully saturated rings. The number of rotatable bonds is 3. The van der Waals surface area contributed by atoms with E-state index in [9.17, 15) is 4.79 Å². The molecule has 2 amide bonds. The van der Waals surface area contributed by atoms with Crippen molar-refractivity contribution in [3.05, 3.63) is 48.0 Å². The summed E-state index contributed by atoms with van der Waals surface area (Å²) >= 11 is 3.45. The van der Waals surface area contributed by atoms with Gasteiger partial charge in [-0.05, 0) is 48.2 Å². The van der Waals surface area contributed by atoms with Crippen molar-refractivity contribution >= 4 is 35.2 Å². The van der Waals surface area contributed by atoms with Gasteiger partial charge in [0.15, 0.2) is 11.5 Å². The lowest BCUT2D eigenvalue weighted by atomic mass is 10.1. The first kappa shape index (κ1) is 17.4. The summed E-state index contributed by atoms with van der Waals surface area (Å²) in [5.74, 6) is 2.44. The fourth-order valence-electron chi connectivity index (χ4n) is 3.04. The second-order valence-corrected chi connectivity index (χ2v) is 8.05. The van der Waals surface area contributed by atoms with Crippen LogP contribution in [0.5, 0.6) is 11.5 Å². The molecule has 0 aliphatic carbocycles. The van der Waals surface area contributed by atoms with E-state index in [1.807, 2.05) is 53.6 Å². The highest BCUT2D eigenvalue weighted by molar-refractivity contribution is 7.99. The molecule has 1 N–H and O–H groups in total. The van der Waals surface area contributed by atoms with Crippen molar-refractivity contribution < 1.29 is 14.3 Å². The number of ether oxygens (including phenoxy) is 2. The summed E-state index contributed by atoms with van der Waals surface area (Å²) in [6, 6.07) is 13.8. The summed E-state index contributed by atoms with van der Waals surface area (Å²) in [6.07, 6.45) is 2.03. The maximum atomic E-state index is 12.8. The van der Waals surface area contributed by atoms with Gasteiger partial charge in [-0.2, -0.15) is 0 Å². The average Bonchev–Trinajstić information content (AvgIpc) is 3.18. The molecule has 0 aromatic heterocycles. The number of carbonyl (C=O) groups is 1. The number of nitrogens with zero attached hydrogens (tertiary/aromatic N) is 1. The fourth-order valence-corrected chi connectivity index (χ4v) is 4.69. The van der Waals surface area contributed by atoms with Crippen molar-refractivity contribution in [3.8, 4) is 11.5 Å². The Morgan fingerprint density at radius 2 is 1.92 bits per heavy atom. The maximum absolute atomic E-state index is 12.8. The van der Waals surface area contributed by atoms with Gasteiger partial charge in [-0.15, -0.1) is 23.5 Å². The molecule has 26 heavy (non-hydrogen) atoms. The second-order valence-electron chi connectivity index (χ2n) is 5.98. The van der Waals surface area contributed by atoms with Crippen LogP contribution in [0.3, 0.4) is 0 Å². The van der Waals surface area contributed by atoms with E-state index in [0.29, 0.717) is 13.2 Å². The predicted molar refractivity (Wildman–Crippen MR) is 107 cm³/mol. The van der Waals surface area contributed by atoms with E-state index >= 15 is 0 Å². The smallest absolute Gasteiger partial charge is 0.323 e. The number of carbonyl (C=O) groups excluding carboxylic acids is 1. The lowest BCUT2D eigenvalue weighted by Crippen LogP contribution is -2.34. The van der Waals surface area contributed by atoms with Crippen molar-refractivity contribution in [2.45, 2.75) is 10.3 Å². The number of nitrogens with one attached hydrogen (secondary N) is 1. The largest absolute Gasteiger partial charge is 0.486 e. The highest BCUT2D eigenvalue weighted by Crippen LogP contribution is 2.41. The molecule has 1 saturated heterocycles. The minimum atomic E-state index is -0.0770. The molecule has 1 atom stereocenters. The topological polar surface area (TPSA) is 50.8 Å². The first-order valence-electron chi connectivity index (χ1n) is 8.47. The number of hydrogen-bond acceptors (Lipinski definition) is 5. The molecule has 2 aromatic carbocycles. The molecule has 2 aliphatic heterocycles. The molecule has 2 aliphatic rings. The van der Waals surface area contributed by atoms with Gasteiger partial charge in [-0.3, -0.25) is 0 Å². The molecule has 5 nitrogen and oxygen atoms in total. The number of anilines is 1. The highest BCUT2D eigenvalue weighted by atomic mass is 32.2. The Bertz CT molecular complexity index is 798. The van der Waals surface area contributed by atoms with Crippen LogP contribution in [-0.2, 0) is 0 Å². The summed E-state index contributed by atoms with van der Waals surface area (Å²) in [5, 5.41) is 2.99. The first-order valence-corrected chi connectivity index (χ1v) is 10.7. The van der Waals surface area contributed by atoms with E-state index in [1.165, 1.54) is 4.90 Å². The zero-order valence-electron chi connectivity index (χ0n) is 14.4. The summed E-state index contributed by atoms with van der Waals surface area (Å²) in [7, 11) is 0. The molecule has 7 heteroatoms. The predicted octanol–water partition coefficient (Wildman–Crippen LogP) is 4.46. The monoisotopic (exact) mass is 388 g/mol. The number of hydrogen-bond donors (Lipinski definition) is 1. The van der Waals surface area contributed by atoms with E-state index in [2.05, 4.69) is 5.32 Å². The Morgan fingerprint density at radius 1 is 1.15 bits per heavy atom. The van der Waals surface area contributed by atoms with Gasteiger partial charge in [0.05, 0.1) is 0 Å². The van der Waals surface area contributed by atoms with Crippen LogP contribution in [0, 0.1) is 0 Å². The van der Waals surface area contributed by atoms with Gasteiger partial charge < -0.3 is 19.7 Å². The zero-order valence-corrected chi connectivity index (χ0v) is 16.1. The van der Waals surface area contributed by atoms with E-state index in [-0.39, 0.29) is 11.4 Å². The minimum Gasteiger partial charge on any atom is -0.486 e. The Hall–Kier alpha value is -1.99. The third-order valence-corrected chi connectivity index (χ3v) is 6.35. The van der Waals surface area contributed by atoms with E-state index in [4.69, 9.17) is 9.47 Å². The summed E-state index contributed by atoms with van der Waals surface area (Å²) in [4.78, 5) is 15.8. The number of amides is 2. The Kier molecular flexibility index (Phi) is 5.17. The lowest BCUT2D eigenvalue weighted by Gasteiger charge is -2.26. The van der Waals surface area contributed by atoms with Crippen molar-refractivity contribution in [2.24, 2.45) is 0 Å². The van der Waals surface area contributed by atoms with Gasteiger partial charge in [0.1, 0.15) is 18.6 Å². The van der Waals surface area contributed by atoms with Crippen LogP contribution in [-0.4, -0.2) is 42.7 Å². The normalized spacial score (nSPS) is 18.7. The molecule has 136 valence electrons. The van der Waals surface area contributed by atoms with Gasteiger partial charge >= 0.3 is 6.03 Å². The highest BCUT2D eigenvalue weighted by Gasteiger charge is 2.31. The lowest BCUT2D eigenvalue weighted by molar-refractivity contribution is 0.171. The van der Waals surface area contributed by atoms with E-state index in [0.717, 1.165) is 35.0 Å². The van der Waals surface area contributed by atoms with Crippen LogP contribution in [0.2, 0.25) is 0 Å². The van der Waals surface area contributed by atoms with Crippen LogP contribution in [0.4, 0.5) is 10.5 Å². The molecule has 2 heterocycles. The number of thioether (sulfide) groups is 2. The van der Waals surface area contributed by atoms with E-state index < -0.39 is 0 Å². The van der Waals surface area contributed by atoms with Crippen LogP contribution >= 0.6 is 23.5 Å². The Balaban J connectivity index is 1.49. The average molecular weight is 389 g/mol. The standard InChI is InChI=1S/C19H20N2O3S2/c1-25-15-5-3-14(4-6-15)20-19(22)21-8-11-26-18(21)13-2-7-16-17(12-13)24-10-9-23-16/h2-7,12,18H,8-11H2,1H3,(H,20,22). The Morgan fingerprint density at radius 3 is 2.69 bits per heavy atom. The van der Waals surface area contributed by atoms with Crippen LogP contribution in [0.15, 0.2) is 47.4 Å². The number of fused-ring (bicyclic) bond motifs is 1. The molecule has 1 unspecified atom stereocenters. The molecule has 0 saturated carbocycles. The van der Waals surface area contributed by atoms with Crippen LogP contribution in [0.25, 0.3) is 0 Å². The van der Waals surface area contributed by atoms with Gasteiger partial charge in [0.25, 0.3) is 0 Å². The molecular weight excluding hydrogens is 368 g/mol. The second kappa shape index (κ2) is 7.72. The SMILES string of the molecule is CSc1ccc(NC(=O)N2CCSC2c2ccc3c(c2)OCCO3)cc1. The maximum Gasteiger partial charge on any atom is 0.323 e. The zero-order chi connectivity index (χ0) is 17.9. The Labute approximate surface area is 161 Å². The van der Waals surface area contributed by atoms with Crippen LogP contribution < -0.4 is 14.8 Å². The molecule has 2 aromatic rings. The van der Waals surface area contributed by atoms with E-state index in [1.54, 1.807) is 23.5 Å². The molecular formula is C19H20N2O3S2. The molecule has 4 rings (SSSR count). The van der Waals surface area contributed by atoms with Crippen molar-refractivity contribution in [1.82, 2.24) is 4.90 Å². The van der Waals surface area contributed by atoms with Gasteiger partial charge in [0, 0.05) is 22.9 Å². The van der Waals surface area contributed by atoms with Gasteiger partial charge in [-0.25, -0.2) is 4.79 Å². The summed E-state index contributed by atoms with van der Waals surface area (Å²) < 4.78 is 11.3. The minimum absolute atomic E-state index is 0.0173. The first-order chi connectivity index (χ1) is 12.7. The molecule has 0 bridgehead atoms. The summed E-state index contributed by atoms with van der Waals surface area (Å²) in [6.45, 7) is 1.86. The van der Waals surface area contributed by atoms with Crippen molar-refractivity contribution in [1.29, 1.82) is 0 Å². The van der Waals surface area contributed by atoms with Gasteiger partial charge in [0.2, 0.25) is 0 Å².